The monoisotopic (exact) mass is 369 g/mol. The fraction of sp³-hybridized carbons (Fsp3) is 0. The number of hydrogen-bond acceptors (Lipinski definition) is 4. The van der Waals surface area contributed by atoms with Crippen LogP contribution in [-0.2, 0) is 0 Å². The van der Waals surface area contributed by atoms with E-state index in [2.05, 4.69) is 9.97 Å². The van der Waals surface area contributed by atoms with Gasteiger partial charge in [-0.25, -0.2) is 4.98 Å². The molecule has 0 amide bonds. The van der Waals surface area contributed by atoms with Crippen molar-refractivity contribution in [2.24, 2.45) is 0 Å². The first-order valence-electron chi connectivity index (χ1n) is 8.63. The molecule has 1 N–H and O–H groups in total. The van der Waals surface area contributed by atoms with Crippen LogP contribution in [0.1, 0.15) is 21.7 Å². The smallest absolute Gasteiger partial charge is 0.276 e. The zero-order valence-corrected chi connectivity index (χ0v) is 14.7. The number of rotatable bonds is 5. The lowest BCUT2D eigenvalue weighted by molar-refractivity contribution is -0.385. The highest BCUT2D eigenvalue weighted by molar-refractivity contribution is 6.32. The topological polar surface area (TPSA) is 88.9 Å². The van der Waals surface area contributed by atoms with Gasteiger partial charge in [0.05, 0.1) is 27.1 Å². The van der Waals surface area contributed by atoms with Gasteiger partial charge < -0.3 is 4.98 Å². The number of imidazole rings is 1. The Balaban J connectivity index is 1.91. The van der Waals surface area contributed by atoms with Gasteiger partial charge in [0.1, 0.15) is 5.82 Å². The highest BCUT2D eigenvalue weighted by Crippen LogP contribution is 2.27. The molecule has 3 aromatic carbocycles. The fourth-order valence-corrected chi connectivity index (χ4v) is 3.00. The Labute approximate surface area is 160 Å². The normalized spacial score (nSPS) is 11.5. The molecular weight excluding hydrogens is 354 g/mol. The Morgan fingerprint density at radius 3 is 2.36 bits per heavy atom. The Bertz CT molecular complexity index is 1180. The van der Waals surface area contributed by atoms with Gasteiger partial charge in [-0.05, 0) is 24.3 Å². The molecule has 1 heterocycles. The molecule has 0 saturated heterocycles. The molecule has 0 aliphatic rings. The first-order valence-corrected chi connectivity index (χ1v) is 8.63. The maximum absolute atomic E-state index is 13.2. The van der Waals surface area contributed by atoms with Gasteiger partial charge in [0.25, 0.3) is 5.69 Å². The summed E-state index contributed by atoms with van der Waals surface area (Å²) in [6, 6.07) is 22.5. The first kappa shape index (κ1) is 17.4. The van der Waals surface area contributed by atoms with E-state index in [1.807, 2.05) is 30.3 Å². The summed E-state index contributed by atoms with van der Waals surface area (Å²) in [5.41, 5.74) is 2.51. The summed E-state index contributed by atoms with van der Waals surface area (Å²) in [5.74, 6) is 0.103. The summed E-state index contributed by atoms with van der Waals surface area (Å²) in [7, 11) is 0. The number of nitrogens with zero attached hydrogens (tertiary/aromatic N) is 2. The number of hydrogen-bond donors (Lipinski definition) is 1. The summed E-state index contributed by atoms with van der Waals surface area (Å²) in [4.78, 5) is 31.8. The largest absolute Gasteiger partial charge is 0.338 e. The number of fused-ring (bicyclic) bond motifs is 1. The van der Waals surface area contributed by atoms with Crippen molar-refractivity contribution in [3.63, 3.8) is 0 Å². The van der Waals surface area contributed by atoms with Crippen LogP contribution in [0.4, 0.5) is 5.69 Å². The summed E-state index contributed by atoms with van der Waals surface area (Å²) in [6.07, 6.45) is 1.52. The van der Waals surface area contributed by atoms with E-state index in [0.29, 0.717) is 22.5 Å². The van der Waals surface area contributed by atoms with Crippen molar-refractivity contribution >= 4 is 34.2 Å². The van der Waals surface area contributed by atoms with Crippen molar-refractivity contribution in [3.8, 4) is 0 Å². The number of aromatic nitrogens is 2. The van der Waals surface area contributed by atoms with E-state index in [1.165, 1.54) is 12.1 Å². The van der Waals surface area contributed by atoms with E-state index in [4.69, 9.17) is 0 Å². The van der Waals surface area contributed by atoms with E-state index in [0.717, 1.165) is 5.52 Å². The number of nitro groups is 1. The molecule has 0 unspecified atom stereocenters. The molecule has 0 bridgehead atoms. The number of carbonyl (C=O) groups is 1. The van der Waals surface area contributed by atoms with Gasteiger partial charge in [-0.1, -0.05) is 54.6 Å². The molecule has 6 nitrogen and oxygen atoms in total. The molecule has 0 spiro atoms. The van der Waals surface area contributed by atoms with Crippen molar-refractivity contribution in [2.45, 2.75) is 0 Å². The molecular formula is C22H15N3O3. The second-order valence-corrected chi connectivity index (χ2v) is 6.17. The quantitative estimate of drug-likeness (QED) is 0.235. The third kappa shape index (κ3) is 3.31. The van der Waals surface area contributed by atoms with Crippen LogP contribution < -0.4 is 0 Å². The molecule has 4 rings (SSSR count). The van der Waals surface area contributed by atoms with Crippen LogP contribution in [0.25, 0.3) is 22.7 Å². The lowest BCUT2D eigenvalue weighted by atomic mass is 10.00. The van der Waals surface area contributed by atoms with Crippen molar-refractivity contribution in [1.29, 1.82) is 0 Å². The van der Waals surface area contributed by atoms with E-state index < -0.39 is 4.92 Å². The number of benzene rings is 3. The first-order chi connectivity index (χ1) is 13.6. The van der Waals surface area contributed by atoms with Gasteiger partial charge in [-0.3, -0.25) is 14.9 Å². The molecule has 0 saturated carbocycles. The summed E-state index contributed by atoms with van der Waals surface area (Å²) < 4.78 is 0. The third-order valence-electron chi connectivity index (χ3n) is 4.36. The molecule has 6 heteroatoms. The summed E-state index contributed by atoms with van der Waals surface area (Å²) in [5, 5.41) is 11.4. The minimum absolute atomic E-state index is 0.0722. The molecule has 0 fully saturated rings. The van der Waals surface area contributed by atoms with Gasteiger partial charge in [0, 0.05) is 11.6 Å². The number of aromatic amines is 1. The highest BCUT2D eigenvalue weighted by atomic mass is 16.6. The van der Waals surface area contributed by atoms with Crippen LogP contribution in [0.5, 0.6) is 0 Å². The van der Waals surface area contributed by atoms with Crippen LogP contribution in [0.3, 0.4) is 0 Å². The molecule has 1 aromatic heterocycles. The standard InChI is InChI=1S/C22H15N3O3/c26-21(15-8-2-1-3-9-15)17(14-16-10-4-7-13-20(16)25(27)28)22-23-18-11-5-6-12-19(18)24-22/h1-14H,(H,23,24). The number of Topliss-reactive ketones (excluding diaryl/α,β-unsaturated/α-hetero) is 1. The van der Waals surface area contributed by atoms with Crippen molar-refractivity contribution < 1.29 is 9.72 Å². The molecule has 0 atom stereocenters. The lowest BCUT2D eigenvalue weighted by Crippen LogP contribution is -2.04. The molecule has 0 aliphatic heterocycles. The van der Waals surface area contributed by atoms with E-state index >= 15 is 0 Å². The van der Waals surface area contributed by atoms with Crippen molar-refractivity contribution in [3.05, 3.63) is 106 Å². The number of H-pyrrole nitrogens is 1. The third-order valence-corrected chi connectivity index (χ3v) is 4.36. The predicted molar refractivity (Wildman–Crippen MR) is 108 cm³/mol. The second-order valence-electron chi connectivity index (χ2n) is 6.17. The highest BCUT2D eigenvalue weighted by Gasteiger charge is 2.20. The fourth-order valence-electron chi connectivity index (χ4n) is 3.00. The zero-order chi connectivity index (χ0) is 19.5. The van der Waals surface area contributed by atoms with E-state index in [1.54, 1.807) is 42.5 Å². The van der Waals surface area contributed by atoms with E-state index in [-0.39, 0.29) is 17.0 Å². The maximum Gasteiger partial charge on any atom is 0.276 e. The van der Waals surface area contributed by atoms with Crippen LogP contribution in [0.2, 0.25) is 0 Å². The molecule has 28 heavy (non-hydrogen) atoms. The number of ketones is 1. The number of nitro benzene ring substituents is 1. The van der Waals surface area contributed by atoms with Crippen LogP contribution in [0, 0.1) is 10.1 Å². The van der Waals surface area contributed by atoms with Gasteiger partial charge in [0.2, 0.25) is 0 Å². The second kappa shape index (κ2) is 7.28. The predicted octanol–water partition coefficient (Wildman–Crippen LogP) is 4.89. The van der Waals surface area contributed by atoms with Crippen molar-refractivity contribution in [1.82, 2.24) is 9.97 Å². The van der Waals surface area contributed by atoms with E-state index in [9.17, 15) is 14.9 Å². The minimum Gasteiger partial charge on any atom is -0.338 e. The van der Waals surface area contributed by atoms with Gasteiger partial charge in [-0.2, -0.15) is 0 Å². The lowest BCUT2D eigenvalue weighted by Gasteiger charge is -2.05. The van der Waals surface area contributed by atoms with Gasteiger partial charge >= 0.3 is 0 Å². The zero-order valence-electron chi connectivity index (χ0n) is 14.7. The Morgan fingerprint density at radius 1 is 0.929 bits per heavy atom. The number of carbonyl (C=O) groups excluding carboxylic acids is 1. The summed E-state index contributed by atoms with van der Waals surface area (Å²) in [6.45, 7) is 0. The maximum atomic E-state index is 13.2. The Kier molecular flexibility index (Phi) is 4.51. The summed E-state index contributed by atoms with van der Waals surface area (Å²) >= 11 is 0. The molecule has 4 aromatic rings. The van der Waals surface area contributed by atoms with Crippen molar-refractivity contribution in [2.75, 3.05) is 0 Å². The van der Waals surface area contributed by atoms with Crippen LogP contribution >= 0.6 is 0 Å². The number of nitrogens with one attached hydrogen (secondary N) is 1. The average molecular weight is 369 g/mol. The molecule has 0 aliphatic carbocycles. The Morgan fingerprint density at radius 2 is 1.61 bits per heavy atom. The average Bonchev–Trinajstić information content (AvgIpc) is 3.16. The SMILES string of the molecule is O=C(C(=Cc1ccccc1[N+](=O)[O-])c1nc2ccccc2[nH]1)c1ccccc1. The van der Waals surface area contributed by atoms with Gasteiger partial charge in [0.15, 0.2) is 5.78 Å². The Hall–Kier alpha value is -4.06. The van der Waals surface area contributed by atoms with Gasteiger partial charge in [-0.15, -0.1) is 0 Å². The number of allylic oxidation sites excluding steroid dienone is 1. The number of para-hydroxylation sites is 3. The molecule has 136 valence electrons. The minimum atomic E-state index is -0.463. The molecule has 0 radical (unpaired) electrons. The van der Waals surface area contributed by atoms with Crippen LogP contribution in [0.15, 0.2) is 78.9 Å². The van der Waals surface area contributed by atoms with Crippen LogP contribution in [-0.4, -0.2) is 20.7 Å².